The van der Waals surface area contributed by atoms with Crippen LogP contribution in [0, 0.1) is 0 Å². The third-order valence-corrected chi connectivity index (χ3v) is 7.72. The zero-order chi connectivity index (χ0) is 29.7. The first-order valence-corrected chi connectivity index (χ1v) is 12.8. The van der Waals surface area contributed by atoms with Crippen LogP contribution in [-0.4, -0.2) is 164 Å². The van der Waals surface area contributed by atoms with E-state index in [2.05, 4.69) is 15.0 Å². The Balaban J connectivity index is 1.28. The minimum atomic E-state index is -1.90. The van der Waals surface area contributed by atoms with Gasteiger partial charge in [0.05, 0.1) is 25.6 Å². The van der Waals surface area contributed by atoms with E-state index in [1.165, 1.54) is 17.2 Å². The molecule has 19 nitrogen and oxygen atoms in total. The number of anilines is 1. The topological polar surface area (TPSA) is 315 Å². The van der Waals surface area contributed by atoms with Gasteiger partial charge in [0.25, 0.3) is 0 Å². The van der Waals surface area contributed by atoms with Crippen molar-refractivity contribution in [2.45, 2.75) is 91.8 Å². The Bertz CT molecular complexity index is 1190. The van der Waals surface area contributed by atoms with Crippen LogP contribution in [0.3, 0.4) is 0 Å². The molecule has 230 valence electrons. The van der Waals surface area contributed by atoms with Gasteiger partial charge in [-0.1, -0.05) is 0 Å². The quantitative estimate of drug-likeness (QED) is 0.143. The number of nitrogens with two attached hydrogens (primary N) is 2. The smallest absolute Gasteiger partial charge is 0.176 e. The summed E-state index contributed by atoms with van der Waals surface area (Å²) in [6, 6.07) is -1.38. The summed E-state index contributed by atoms with van der Waals surface area (Å²) in [5.74, 6) is 0.0941. The Morgan fingerprint density at radius 3 is 2.17 bits per heavy atom. The van der Waals surface area contributed by atoms with Gasteiger partial charge in [-0.3, -0.25) is 4.57 Å². The molecule has 3 fully saturated rings. The van der Waals surface area contributed by atoms with Gasteiger partial charge in [0.15, 0.2) is 24.0 Å². The van der Waals surface area contributed by atoms with E-state index in [4.69, 9.17) is 30.4 Å². The second kappa shape index (κ2) is 11.8. The van der Waals surface area contributed by atoms with E-state index in [9.17, 15) is 46.0 Å². The van der Waals surface area contributed by atoms with Crippen molar-refractivity contribution in [3.8, 4) is 0 Å². The van der Waals surface area contributed by atoms with Crippen LogP contribution >= 0.6 is 0 Å². The van der Waals surface area contributed by atoms with Crippen LogP contribution in [0.4, 0.5) is 5.82 Å². The van der Waals surface area contributed by atoms with Gasteiger partial charge >= 0.3 is 0 Å². The molecule has 1 aliphatic carbocycles. The van der Waals surface area contributed by atoms with E-state index in [0.29, 0.717) is 0 Å². The highest BCUT2D eigenvalue weighted by atomic mass is 16.7. The molecule has 1 saturated carbocycles. The van der Waals surface area contributed by atoms with Gasteiger partial charge in [-0.2, -0.15) is 0 Å². The van der Waals surface area contributed by atoms with E-state index in [-0.39, 0.29) is 17.0 Å². The number of ether oxygens (including phenoxy) is 4. The number of imidazole rings is 1. The third-order valence-electron chi connectivity index (χ3n) is 7.72. The van der Waals surface area contributed by atoms with Gasteiger partial charge in [-0.15, -0.1) is 0 Å². The number of hydrogen-bond acceptors (Lipinski definition) is 18. The first-order chi connectivity index (χ1) is 19.5. The molecule has 19 heteroatoms. The highest BCUT2D eigenvalue weighted by molar-refractivity contribution is 5.81. The summed E-state index contributed by atoms with van der Waals surface area (Å²) in [5, 5.41) is 93.3. The van der Waals surface area contributed by atoms with Crippen LogP contribution in [0.5, 0.6) is 0 Å². The highest BCUT2D eigenvalue weighted by Crippen LogP contribution is 2.34. The fourth-order valence-electron chi connectivity index (χ4n) is 5.28. The summed E-state index contributed by atoms with van der Waals surface area (Å²) in [7, 11) is 0. The summed E-state index contributed by atoms with van der Waals surface area (Å²) in [5.41, 5.74) is 12.1. The minimum absolute atomic E-state index is 0.0941. The number of aliphatic hydroxyl groups is 9. The first-order valence-electron chi connectivity index (χ1n) is 12.8. The van der Waals surface area contributed by atoms with Gasteiger partial charge in [-0.05, 0) is 0 Å². The molecule has 0 spiro atoms. The van der Waals surface area contributed by atoms with Crippen LogP contribution < -0.4 is 11.5 Å². The van der Waals surface area contributed by atoms with Crippen molar-refractivity contribution in [2.24, 2.45) is 5.73 Å². The number of aromatic nitrogens is 4. The molecule has 2 saturated heterocycles. The lowest BCUT2D eigenvalue weighted by Crippen LogP contribution is -2.68. The maximum Gasteiger partial charge on any atom is 0.176 e. The summed E-state index contributed by atoms with van der Waals surface area (Å²) in [6.07, 6.45) is -19.6. The van der Waals surface area contributed by atoms with Gasteiger partial charge in [0.2, 0.25) is 0 Å². The van der Waals surface area contributed by atoms with Gasteiger partial charge in [0, 0.05) is 0 Å². The van der Waals surface area contributed by atoms with Gasteiger partial charge in [-0.25, -0.2) is 15.0 Å². The Kier molecular flexibility index (Phi) is 8.72. The number of nitrogens with zero attached hydrogens (tertiary/aromatic N) is 4. The monoisotopic (exact) mass is 590 g/mol. The zero-order valence-electron chi connectivity index (χ0n) is 21.3. The molecule has 2 aliphatic heterocycles. The molecule has 0 amide bonds. The number of fused-ring (bicyclic) bond motifs is 1. The average Bonchev–Trinajstić information content (AvgIpc) is 3.51. The minimum Gasteiger partial charge on any atom is -0.394 e. The molecule has 3 aliphatic rings. The lowest BCUT2D eigenvalue weighted by Gasteiger charge is -2.47. The number of aliphatic hydroxyl groups excluding tert-OH is 9. The largest absolute Gasteiger partial charge is 0.394 e. The molecule has 15 atom stereocenters. The summed E-state index contributed by atoms with van der Waals surface area (Å²) < 4.78 is 23.6. The fourth-order valence-corrected chi connectivity index (χ4v) is 5.28. The molecule has 0 aromatic carbocycles. The molecule has 0 bridgehead atoms. The molecule has 2 aromatic heterocycles. The normalized spacial score (nSPS) is 45.4. The first kappa shape index (κ1) is 30.3. The Morgan fingerprint density at radius 2 is 1.46 bits per heavy atom. The Morgan fingerprint density at radius 1 is 0.780 bits per heavy atom. The van der Waals surface area contributed by atoms with E-state index < -0.39 is 105 Å². The van der Waals surface area contributed by atoms with Gasteiger partial charge in [0.1, 0.15) is 85.1 Å². The van der Waals surface area contributed by atoms with E-state index in [1.54, 1.807) is 0 Å². The van der Waals surface area contributed by atoms with Crippen LogP contribution in [0.25, 0.3) is 11.2 Å². The fraction of sp³-hybridized carbons (Fsp3) is 0.773. The van der Waals surface area contributed by atoms with Crippen LogP contribution in [0.15, 0.2) is 12.7 Å². The summed E-state index contributed by atoms with van der Waals surface area (Å²) in [6.45, 7) is -1.22. The molecular formula is C22H34N6O13. The molecule has 2 aromatic rings. The second-order valence-electron chi connectivity index (χ2n) is 10.3. The molecular weight excluding hydrogens is 556 g/mol. The van der Waals surface area contributed by atoms with E-state index >= 15 is 0 Å². The SMILES string of the molecule is Nc1ncnc2c1ncn2C1OC(COC2C(O)C(O)C(O)C(OC3OC(CO)C(O)C(O)C3N)C2O)C(O)C1O. The number of hydrogen-bond donors (Lipinski definition) is 11. The molecule has 0 radical (unpaired) electrons. The Hall–Kier alpha value is -2.21. The van der Waals surface area contributed by atoms with Crippen LogP contribution in [0.1, 0.15) is 6.23 Å². The lowest BCUT2D eigenvalue weighted by molar-refractivity contribution is -0.320. The maximum absolute atomic E-state index is 11.0. The Labute approximate surface area is 231 Å². The lowest BCUT2D eigenvalue weighted by atomic mass is 9.84. The number of nitrogen functional groups attached to an aromatic ring is 1. The molecule has 15 unspecified atom stereocenters. The maximum atomic E-state index is 11.0. The third kappa shape index (κ3) is 5.28. The zero-order valence-corrected chi connectivity index (χ0v) is 21.3. The summed E-state index contributed by atoms with van der Waals surface area (Å²) in [4.78, 5) is 12.0. The van der Waals surface area contributed by atoms with Crippen molar-refractivity contribution in [1.82, 2.24) is 19.5 Å². The van der Waals surface area contributed by atoms with Crippen molar-refractivity contribution in [3.63, 3.8) is 0 Å². The van der Waals surface area contributed by atoms with E-state index in [1.807, 2.05) is 0 Å². The predicted molar refractivity (Wildman–Crippen MR) is 130 cm³/mol. The van der Waals surface area contributed by atoms with Crippen LogP contribution in [0.2, 0.25) is 0 Å². The predicted octanol–water partition coefficient (Wildman–Crippen LogP) is -6.98. The number of rotatable bonds is 7. The van der Waals surface area contributed by atoms with Gasteiger partial charge < -0.3 is 76.4 Å². The molecule has 41 heavy (non-hydrogen) atoms. The highest BCUT2D eigenvalue weighted by Gasteiger charge is 2.54. The van der Waals surface area contributed by atoms with Crippen LogP contribution in [-0.2, 0) is 18.9 Å². The van der Waals surface area contributed by atoms with Crippen molar-refractivity contribution in [3.05, 3.63) is 12.7 Å². The van der Waals surface area contributed by atoms with Crippen molar-refractivity contribution >= 4 is 17.0 Å². The van der Waals surface area contributed by atoms with Crippen molar-refractivity contribution < 1.29 is 64.9 Å². The molecule has 4 heterocycles. The average molecular weight is 591 g/mol. The second-order valence-corrected chi connectivity index (χ2v) is 10.3. The van der Waals surface area contributed by atoms with Crippen molar-refractivity contribution in [1.29, 1.82) is 0 Å². The standard InChI is InChI=1S/C22H34N6O13/c23-7-11(32)9(30)5(1-29)40-22(7)41-18-14(35)12(33)13(34)17(16(18)37)38-2-6-10(31)15(36)21(39-6)28-4-27-8-19(24)25-3-26-20(8)28/h3-7,9-18,21-22,29-37H,1-2,23H2,(H2,24,25,26). The van der Waals surface area contributed by atoms with E-state index in [0.717, 1.165) is 0 Å². The molecule has 5 rings (SSSR count). The molecule has 13 N–H and O–H groups in total. The summed E-state index contributed by atoms with van der Waals surface area (Å²) >= 11 is 0. The van der Waals surface area contributed by atoms with Crippen molar-refractivity contribution in [2.75, 3.05) is 18.9 Å².